The van der Waals surface area contributed by atoms with E-state index in [1.165, 1.54) is 28.3 Å². The highest BCUT2D eigenvalue weighted by atomic mass is 33.1. The fourth-order valence-electron chi connectivity index (χ4n) is 1.63. The molecule has 1 aromatic carbocycles. The zero-order valence-electron chi connectivity index (χ0n) is 13.2. The quantitative estimate of drug-likeness (QED) is 0.343. The number of thioether (sulfide) groups is 1. The van der Waals surface area contributed by atoms with Crippen LogP contribution in [0.2, 0.25) is 0 Å². The fourth-order valence-corrected chi connectivity index (χ4v) is 11.5. The Kier molecular flexibility index (Phi) is 8.89. The van der Waals surface area contributed by atoms with Crippen molar-refractivity contribution in [3.63, 3.8) is 0 Å². The smallest absolute Gasteiger partial charge is 0.313 e. The summed E-state index contributed by atoms with van der Waals surface area (Å²) in [5.41, 5.74) is 1.29. The number of hydrogen-bond acceptors (Lipinski definition) is 5. The van der Waals surface area contributed by atoms with Gasteiger partial charge in [0.25, 0.3) is 0 Å². The highest BCUT2D eigenvalue weighted by Gasteiger charge is 2.27. The van der Waals surface area contributed by atoms with Crippen LogP contribution in [0.1, 0.15) is 39.7 Å². The molecule has 1 aromatic rings. The molecule has 0 saturated heterocycles. The zero-order chi connectivity index (χ0) is 15.8. The maximum absolute atomic E-state index is 12.7. The summed E-state index contributed by atoms with van der Waals surface area (Å²) in [6.07, 6.45) is 1.02. The summed E-state index contributed by atoms with van der Waals surface area (Å²) in [6, 6.07) is 10.4. The standard InChI is InChI=1S/C15H25O2PS3/c1-5-12-20-18(16,17-6-2)21-13-19-15(3,4)14-10-8-7-9-11-14/h7-11H,5-6,12-13H2,1-4H3. The maximum Gasteiger partial charge on any atom is 0.313 e. The van der Waals surface area contributed by atoms with Crippen molar-refractivity contribution in [1.29, 1.82) is 0 Å². The predicted molar refractivity (Wildman–Crippen MR) is 101 cm³/mol. The molecule has 1 rings (SSSR count). The van der Waals surface area contributed by atoms with E-state index >= 15 is 0 Å². The summed E-state index contributed by atoms with van der Waals surface area (Å²) >= 11 is 4.76. The lowest BCUT2D eigenvalue weighted by Crippen LogP contribution is -2.11. The van der Waals surface area contributed by atoms with Gasteiger partial charge in [-0.15, -0.1) is 11.8 Å². The Bertz CT molecular complexity index is 451. The summed E-state index contributed by atoms with van der Waals surface area (Å²) in [4.78, 5) is 0. The van der Waals surface area contributed by atoms with E-state index in [1.807, 2.05) is 24.8 Å². The van der Waals surface area contributed by atoms with Crippen molar-refractivity contribution in [1.82, 2.24) is 0 Å². The van der Waals surface area contributed by atoms with Gasteiger partial charge >= 0.3 is 5.77 Å². The molecule has 0 aliphatic heterocycles. The van der Waals surface area contributed by atoms with Crippen molar-refractivity contribution in [2.75, 3.05) is 17.4 Å². The van der Waals surface area contributed by atoms with Crippen LogP contribution in [0.4, 0.5) is 0 Å². The first-order valence-corrected chi connectivity index (χ1v) is 13.0. The largest absolute Gasteiger partial charge is 0.314 e. The van der Waals surface area contributed by atoms with E-state index in [0.717, 1.165) is 17.3 Å². The predicted octanol–water partition coefficient (Wildman–Crippen LogP) is 6.63. The van der Waals surface area contributed by atoms with Gasteiger partial charge in [-0.25, -0.2) is 0 Å². The topological polar surface area (TPSA) is 26.3 Å². The summed E-state index contributed by atoms with van der Waals surface area (Å²) in [5.74, 6) is -1.72. The van der Waals surface area contributed by atoms with Gasteiger partial charge in [0.1, 0.15) is 0 Å². The Morgan fingerprint density at radius 1 is 1.14 bits per heavy atom. The highest BCUT2D eigenvalue weighted by molar-refractivity contribution is 8.89. The van der Waals surface area contributed by atoms with E-state index in [9.17, 15) is 4.57 Å². The molecule has 0 N–H and O–H groups in total. The molecule has 0 saturated carbocycles. The van der Waals surface area contributed by atoms with Gasteiger partial charge < -0.3 is 4.52 Å². The summed E-state index contributed by atoms with van der Waals surface area (Å²) < 4.78 is 18.2. The van der Waals surface area contributed by atoms with Crippen LogP contribution in [0.3, 0.4) is 0 Å². The molecule has 0 aliphatic carbocycles. The minimum atomic E-state index is -2.60. The third-order valence-electron chi connectivity index (χ3n) is 2.84. The van der Waals surface area contributed by atoms with Crippen LogP contribution in [-0.4, -0.2) is 17.4 Å². The molecular weight excluding hydrogens is 339 g/mol. The first-order valence-electron chi connectivity index (χ1n) is 7.16. The SMILES string of the molecule is CCCSP(=O)(OCC)SCSC(C)(C)c1ccccc1. The fraction of sp³-hybridized carbons (Fsp3) is 0.600. The number of benzene rings is 1. The third-order valence-corrected chi connectivity index (χ3v) is 12.4. The molecule has 1 atom stereocenters. The molecule has 120 valence electrons. The van der Waals surface area contributed by atoms with Crippen LogP contribution >= 0.6 is 40.3 Å². The molecule has 0 amide bonds. The van der Waals surface area contributed by atoms with Gasteiger partial charge in [0.05, 0.1) is 11.7 Å². The summed E-state index contributed by atoms with van der Waals surface area (Å²) in [7, 11) is 0. The second kappa shape index (κ2) is 9.57. The molecule has 21 heavy (non-hydrogen) atoms. The second-order valence-corrected chi connectivity index (χ2v) is 14.4. The minimum absolute atomic E-state index is 0.0146. The molecule has 0 bridgehead atoms. The van der Waals surface area contributed by atoms with E-state index < -0.39 is 5.77 Å². The molecule has 0 spiro atoms. The molecule has 0 aromatic heterocycles. The molecular formula is C15H25O2PS3. The third kappa shape index (κ3) is 7.04. The molecule has 0 heterocycles. The van der Waals surface area contributed by atoms with Crippen LogP contribution in [-0.2, 0) is 13.8 Å². The highest BCUT2D eigenvalue weighted by Crippen LogP contribution is 2.70. The summed E-state index contributed by atoms with van der Waals surface area (Å²) in [6.45, 7) is 8.92. The molecule has 1 unspecified atom stereocenters. The Morgan fingerprint density at radius 2 is 1.81 bits per heavy atom. The van der Waals surface area contributed by atoms with Crippen LogP contribution in [0.25, 0.3) is 0 Å². The van der Waals surface area contributed by atoms with Crippen LogP contribution in [0, 0.1) is 0 Å². The van der Waals surface area contributed by atoms with Crippen LogP contribution in [0.5, 0.6) is 0 Å². The second-order valence-electron chi connectivity index (χ2n) is 4.97. The molecule has 6 heteroatoms. The van der Waals surface area contributed by atoms with E-state index in [4.69, 9.17) is 4.52 Å². The Balaban J connectivity index is 2.55. The monoisotopic (exact) mass is 364 g/mol. The van der Waals surface area contributed by atoms with Crippen molar-refractivity contribution < 1.29 is 9.09 Å². The van der Waals surface area contributed by atoms with Crippen LogP contribution in [0.15, 0.2) is 30.3 Å². The lowest BCUT2D eigenvalue weighted by molar-refractivity contribution is 0.357. The van der Waals surface area contributed by atoms with Gasteiger partial charge in [0.2, 0.25) is 0 Å². The van der Waals surface area contributed by atoms with Crippen molar-refractivity contribution >= 4 is 40.3 Å². The van der Waals surface area contributed by atoms with Gasteiger partial charge in [-0.05, 0) is 44.1 Å². The molecule has 0 radical (unpaired) electrons. The molecule has 0 fully saturated rings. The molecule has 0 aliphatic rings. The number of rotatable bonds is 10. The van der Waals surface area contributed by atoms with Crippen molar-refractivity contribution in [2.24, 2.45) is 0 Å². The van der Waals surface area contributed by atoms with Gasteiger partial charge in [0, 0.05) is 10.5 Å². The van der Waals surface area contributed by atoms with Crippen LogP contribution < -0.4 is 0 Å². The van der Waals surface area contributed by atoms with Gasteiger partial charge in [0.15, 0.2) is 0 Å². The lowest BCUT2D eigenvalue weighted by Gasteiger charge is -2.25. The first-order chi connectivity index (χ1) is 9.93. The average molecular weight is 365 g/mol. The molecule has 2 nitrogen and oxygen atoms in total. The normalized spacial score (nSPS) is 14.9. The van der Waals surface area contributed by atoms with E-state index in [2.05, 4.69) is 45.0 Å². The Morgan fingerprint density at radius 3 is 2.38 bits per heavy atom. The maximum atomic E-state index is 12.7. The zero-order valence-corrected chi connectivity index (χ0v) is 16.5. The lowest BCUT2D eigenvalue weighted by atomic mass is 10.0. The van der Waals surface area contributed by atoms with E-state index in [1.54, 1.807) is 0 Å². The number of hydrogen-bond donors (Lipinski definition) is 0. The summed E-state index contributed by atoms with van der Waals surface area (Å²) in [5, 5.41) is 0.774. The van der Waals surface area contributed by atoms with Crippen molar-refractivity contribution in [2.45, 2.75) is 38.9 Å². The van der Waals surface area contributed by atoms with E-state index in [-0.39, 0.29) is 4.75 Å². The van der Waals surface area contributed by atoms with Gasteiger partial charge in [-0.3, -0.25) is 4.57 Å². The Hall–Kier alpha value is 0.460. The van der Waals surface area contributed by atoms with Gasteiger partial charge in [-0.2, -0.15) is 0 Å². The van der Waals surface area contributed by atoms with Crippen molar-refractivity contribution in [3.8, 4) is 0 Å². The average Bonchev–Trinajstić information content (AvgIpc) is 2.46. The van der Waals surface area contributed by atoms with E-state index in [0.29, 0.717) is 6.61 Å². The first kappa shape index (κ1) is 19.5. The van der Waals surface area contributed by atoms with Gasteiger partial charge in [-0.1, -0.05) is 48.6 Å². The van der Waals surface area contributed by atoms with Crippen molar-refractivity contribution in [3.05, 3.63) is 35.9 Å². The Labute approximate surface area is 141 Å². The minimum Gasteiger partial charge on any atom is -0.314 e.